The molecule has 0 aliphatic carbocycles. The fourth-order valence-electron chi connectivity index (χ4n) is 2.14. The third-order valence-corrected chi connectivity index (χ3v) is 3.33. The van der Waals surface area contributed by atoms with Gasteiger partial charge in [0, 0.05) is 0 Å². The highest BCUT2D eigenvalue weighted by Crippen LogP contribution is 2.37. The van der Waals surface area contributed by atoms with Crippen molar-refractivity contribution in [3.05, 3.63) is 35.9 Å². The zero-order valence-corrected chi connectivity index (χ0v) is 10.8. The summed E-state index contributed by atoms with van der Waals surface area (Å²) in [5.41, 5.74) is -0.457. The Labute approximate surface area is 102 Å². The maximum Gasteiger partial charge on any atom is 0.311 e. The Kier molecular flexibility index (Phi) is 4.29. The molecule has 0 amide bonds. The van der Waals surface area contributed by atoms with Gasteiger partial charge in [-0.15, -0.1) is 0 Å². The van der Waals surface area contributed by atoms with Crippen LogP contribution in [-0.2, 0) is 15.1 Å². The molecule has 1 aromatic rings. The second-order valence-corrected chi connectivity index (χ2v) is 4.59. The van der Waals surface area contributed by atoms with Crippen molar-refractivity contribution in [2.75, 3.05) is 7.11 Å². The van der Waals surface area contributed by atoms with Crippen LogP contribution < -0.4 is 0 Å². The molecule has 94 valence electrons. The van der Waals surface area contributed by atoms with Crippen molar-refractivity contribution in [2.45, 2.75) is 26.4 Å². The molecule has 0 radical (unpaired) electrons. The number of rotatable bonds is 4. The molecule has 2 atom stereocenters. The van der Waals surface area contributed by atoms with Crippen LogP contribution in [0.1, 0.15) is 26.3 Å². The third kappa shape index (κ3) is 2.50. The van der Waals surface area contributed by atoms with Gasteiger partial charge in [0.25, 0.3) is 0 Å². The van der Waals surface area contributed by atoms with Crippen LogP contribution in [0.3, 0.4) is 0 Å². The van der Waals surface area contributed by atoms with Crippen molar-refractivity contribution in [2.24, 2.45) is 11.8 Å². The van der Waals surface area contributed by atoms with Crippen molar-refractivity contribution in [1.29, 1.82) is 0 Å². The van der Waals surface area contributed by atoms with Gasteiger partial charge in [-0.2, -0.15) is 0 Å². The molecule has 2 unspecified atom stereocenters. The fourth-order valence-corrected chi connectivity index (χ4v) is 2.14. The molecule has 0 bridgehead atoms. The Balaban J connectivity index is 3.19. The molecule has 3 nitrogen and oxygen atoms in total. The Bertz CT molecular complexity index is 372. The summed E-state index contributed by atoms with van der Waals surface area (Å²) in [6, 6.07) is 9.26. The molecular formula is C14H20O3. The molecule has 3 heteroatoms. The summed E-state index contributed by atoms with van der Waals surface area (Å²) in [6.07, 6.45) is 0. The lowest BCUT2D eigenvalue weighted by atomic mass is 9.74. The molecule has 1 N–H and O–H groups in total. The number of carbonyl (C=O) groups is 1. The van der Waals surface area contributed by atoms with E-state index in [1.54, 1.807) is 6.92 Å². The van der Waals surface area contributed by atoms with E-state index in [2.05, 4.69) is 0 Å². The van der Waals surface area contributed by atoms with Crippen molar-refractivity contribution in [1.82, 2.24) is 0 Å². The van der Waals surface area contributed by atoms with Crippen LogP contribution in [0.5, 0.6) is 0 Å². The molecule has 0 heterocycles. The number of methoxy groups -OCH3 is 1. The van der Waals surface area contributed by atoms with Crippen LogP contribution >= 0.6 is 0 Å². The van der Waals surface area contributed by atoms with E-state index < -0.39 is 17.5 Å². The average Bonchev–Trinajstić information content (AvgIpc) is 2.36. The van der Waals surface area contributed by atoms with Crippen molar-refractivity contribution < 1.29 is 14.6 Å². The molecule has 0 fully saturated rings. The topological polar surface area (TPSA) is 46.5 Å². The molecule has 0 spiro atoms. The number of esters is 1. The van der Waals surface area contributed by atoms with Gasteiger partial charge in [-0.25, -0.2) is 0 Å². The summed E-state index contributed by atoms with van der Waals surface area (Å²) in [6.45, 7) is 5.48. The number of hydrogen-bond acceptors (Lipinski definition) is 3. The molecule has 0 saturated heterocycles. The third-order valence-electron chi connectivity index (χ3n) is 3.33. The van der Waals surface area contributed by atoms with Gasteiger partial charge in [0.05, 0.1) is 13.0 Å². The second-order valence-electron chi connectivity index (χ2n) is 4.59. The molecule has 0 aliphatic heterocycles. The lowest BCUT2D eigenvalue weighted by Crippen LogP contribution is -2.43. The SMILES string of the molecule is COC(=O)C(C)C(O)(c1ccccc1)C(C)C. The normalized spacial score (nSPS) is 16.4. The first-order chi connectivity index (χ1) is 7.94. The van der Waals surface area contributed by atoms with Gasteiger partial charge >= 0.3 is 5.97 Å². The smallest absolute Gasteiger partial charge is 0.311 e. The van der Waals surface area contributed by atoms with Gasteiger partial charge in [-0.1, -0.05) is 44.2 Å². The van der Waals surface area contributed by atoms with Crippen LogP contribution in [0.25, 0.3) is 0 Å². The first-order valence-electron chi connectivity index (χ1n) is 5.80. The summed E-state index contributed by atoms with van der Waals surface area (Å²) < 4.78 is 4.73. The van der Waals surface area contributed by atoms with Gasteiger partial charge in [0.1, 0.15) is 5.60 Å². The Morgan fingerprint density at radius 2 is 1.76 bits per heavy atom. The van der Waals surface area contributed by atoms with Gasteiger partial charge in [0.2, 0.25) is 0 Å². The lowest BCUT2D eigenvalue weighted by Gasteiger charge is -2.36. The van der Waals surface area contributed by atoms with Crippen LogP contribution in [0.4, 0.5) is 0 Å². The Morgan fingerprint density at radius 1 is 1.24 bits per heavy atom. The number of carbonyl (C=O) groups excluding carboxylic acids is 1. The fraction of sp³-hybridized carbons (Fsp3) is 0.500. The van der Waals surface area contributed by atoms with Crippen LogP contribution in [0.15, 0.2) is 30.3 Å². The molecule has 1 rings (SSSR count). The minimum atomic E-state index is -1.20. The van der Waals surface area contributed by atoms with Crippen molar-refractivity contribution in [3.8, 4) is 0 Å². The van der Waals surface area contributed by atoms with E-state index in [1.165, 1.54) is 7.11 Å². The predicted molar refractivity (Wildman–Crippen MR) is 66.4 cm³/mol. The molecule has 0 aliphatic rings. The zero-order valence-electron chi connectivity index (χ0n) is 10.8. The standard InChI is InChI=1S/C14H20O3/c1-10(2)14(16,11(3)13(15)17-4)12-8-6-5-7-9-12/h5-11,16H,1-4H3. The molecule has 1 aromatic carbocycles. The minimum Gasteiger partial charge on any atom is -0.469 e. The van der Waals surface area contributed by atoms with Gasteiger partial charge in [0.15, 0.2) is 0 Å². The highest BCUT2D eigenvalue weighted by molar-refractivity contribution is 5.73. The second kappa shape index (κ2) is 5.32. The molecule has 0 saturated carbocycles. The van der Waals surface area contributed by atoms with Crippen LogP contribution in [0, 0.1) is 11.8 Å². The molecular weight excluding hydrogens is 216 g/mol. The average molecular weight is 236 g/mol. The van der Waals surface area contributed by atoms with Crippen molar-refractivity contribution in [3.63, 3.8) is 0 Å². The summed E-state index contributed by atoms with van der Waals surface area (Å²) in [4.78, 5) is 11.7. The monoisotopic (exact) mass is 236 g/mol. The van der Waals surface area contributed by atoms with Crippen molar-refractivity contribution >= 4 is 5.97 Å². The summed E-state index contributed by atoms with van der Waals surface area (Å²) in [7, 11) is 1.34. The number of ether oxygens (including phenoxy) is 1. The predicted octanol–water partition coefficient (Wildman–Crippen LogP) is 2.34. The number of benzene rings is 1. The lowest BCUT2D eigenvalue weighted by molar-refractivity contribution is -0.159. The highest BCUT2D eigenvalue weighted by atomic mass is 16.5. The number of hydrogen-bond donors (Lipinski definition) is 1. The van der Waals surface area contributed by atoms with E-state index in [1.807, 2.05) is 44.2 Å². The van der Waals surface area contributed by atoms with E-state index in [9.17, 15) is 9.90 Å². The first-order valence-corrected chi connectivity index (χ1v) is 5.80. The highest BCUT2D eigenvalue weighted by Gasteiger charge is 2.43. The maximum atomic E-state index is 11.7. The minimum absolute atomic E-state index is 0.0843. The Hall–Kier alpha value is -1.35. The van der Waals surface area contributed by atoms with E-state index in [-0.39, 0.29) is 5.92 Å². The first kappa shape index (κ1) is 13.7. The van der Waals surface area contributed by atoms with Gasteiger partial charge < -0.3 is 9.84 Å². The van der Waals surface area contributed by atoms with Crippen LogP contribution in [-0.4, -0.2) is 18.2 Å². The molecule has 0 aromatic heterocycles. The Morgan fingerprint density at radius 3 is 2.18 bits per heavy atom. The van der Waals surface area contributed by atoms with Gasteiger partial charge in [-0.3, -0.25) is 4.79 Å². The summed E-state index contributed by atoms with van der Waals surface area (Å²) in [5.74, 6) is -1.08. The van der Waals surface area contributed by atoms with Gasteiger partial charge in [-0.05, 0) is 18.4 Å². The maximum absolute atomic E-state index is 11.7. The largest absolute Gasteiger partial charge is 0.469 e. The quantitative estimate of drug-likeness (QED) is 0.816. The van der Waals surface area contributed by atoms with Crippen LogP contribution in [0.2, 0.25) is 0 Å². The van der Waals surface area contributed by atoms with E-state index in [4.69, 9.17) is 4.74 Å². The van der Waals surface area contributed by atoms with E-state index >= 15 is 0 Å². The number of aliphatic hydroxyl groups is 1. The summed E-state index contributed by atoms with van der Waals surface area (Å²) in [5, 5.41) is 10.8. The summed E-state index contributed by atoms with van der Waals surface area (Å²) >= 11 is 0. The van der Waals surface area contributed by atoms with E-state index in [0.29, 0.717) is 0 Å². The molecule has 17 heavy (non-hydrogen) atoms. The zero-order chi connectivity index (χ0) is 13.1. The van der Waals surface area contributed by atoms with E-state index in [0.717, 1.165) is 5.56 Å².